The van der Waals surface area contributed by atoms with Gasteiger partial charge in [0.05, 0.1) is 16.1 Å². The summed E-state index contributed by atoms with van der Waals surface area (Å²) >= 11 is 0. The van der Waals surface area contributed by atoms with E-state index >= 15 is 0 Å². The normalized spacial score (nSPS) is 12.1. The van der Waals surface area contributed by atoms with Crippen LogP contribution in [0.1, 0.15) is 5.56 Å². The van der Waals surface area contributed by atoms with Crippen LogP contribution >= 0.6 is 0 Å². The maximum Gasteiger partial charge on any atom is 0.417 e. The highest BCUT2D eigenvalue weighted by molar-refractivity contribution is 7.92. The molecule has 2 aromatic rings. The Kier molecular flexibility index (Phi) is 3.82. The summed E-state index contributed by atoms with van der Waals surface area (Å²) in [4.78, 5) is -0.833. The molecule has 0 radical (unpaired) electrons. The molecule has 0 aliphatic carbocycles. The monoisotopic (exact) mass is 316 g/mol. The number of alkyl halides is 3. The molecule has 0 aliphatic rings. The zero-order valence-electron chi connectivity index (χ0n) is 10.6. The lowest BCUT2D eigenvalue weighted by Gasteiger charge is -2.14. The van der Waals surface area contributed by atoms with Gasteiger partial charge in [0.1, 0.15) is 0 Å². The molecule has 21 heavy (non-hydrogen) atoms. The summed E-state index contributed by atoms with van der Waals surface area (Å²) in [5.41, 5.74) is 4.66. The average molecular weight is 316 g/mol. The molecule has 0 aliphatic heterocycles. The predicted octanol–water partition coefficient (Wildman–Crippen LogP) is 3.09. The molecule has 8 heteroatoms. The van der Waals surface area contributed by atoms with Crippen LogP contribution in [0.2, 0.25) is 0 Å². The van der Waals surface area contributed by atoms with Crippen molar-refractivity contribution in [3.05, 3.63) is 54.1 Å². The first-order chi connectivity index (χ1) is 9.70. The number of halogens is 3. The summed E-state index contributed by atoms with van der Waals surface area (Å²) in [6.45, 7) is 0. The maximum atomic E-state index is 12.9. The second kappa shape index (κ2) is 5.28. The molecule has 0 bridgehead atoms. The molecule has 112 valence electrons. The van der Waals surface area contributed by atoms with Crippen molar-refractivity contribution in [2.45, 2.75) is 11.1 Å². The third-order valence-corrected chi connectivity index (χ3v) is 4.06. The quantitative estimate of drug-likeness (QED) is 0.855. The topological polar surface area (TPSA) is 72.2 Å². The molecule has 0 saturated heterocycles. The number of nitrogens with two attached hydrogens (primary N) is 1. The van der Waals surface area contributed by atoms with E-state index in [1.807, 2.05) is 0 Å². The minimum Gasteiger partial charge on any atom is -0.399 e. The standard InChI is InChI=1S/C13H11F3N2O2S/c14-13(15,16)11-6-1-2-7-12(11)21(19,20)18-10-5-3-4-9(17)8-10/h1-8,18H,17H2. The number of nitrogens with one attached hydrogen (secondary N) is 1. The fourth-order valence-electron chi connectivity index (χ4n) is 1.75. The molecule has 4 nitrogen and oxygen atoms in total. The molecule has 0 fully saturated rings. The molecule has 3 N–H and O–H groups in total. The third-order valence-electron chi connectivity index (χ3n) is 2.62. The van der Waals surface area contributed by atoms with E-state index in [4.69, 9.17) is 5.73 Å². The first kappa shape index (κ1) is 15.2. The molecule has 2 aromatic carbocycles. The van der Waals surface area contributed by atoms with Gasteiger partial charge in [-0.25, -0.2) is 8.42 Å². The molecule has 2 rings (SSSR count). The van der Waals surface area contributed by atoms with E-state index in [0.29, 0.717) is 11.8 Å². The van der Waals surface area contributed by atoms with E-state index in [-0.39, 0.29) is 5.69 Å². The van der Waals surface area contributed by atoms with Gasteiger partial charge >= 0.3 is 6.18 Å². The molecule has 0 heterocycles. The minimum absolute atomic E-state index is 0.0898. The molecular formula is C13H11F3N2O2S. The molecule has 0 aromatic heterocycles. The van der Waals surface area contributed by atoms with Crippen LogP contribution in [0.15, 0.2) is 53.4 Å². The summed E-state index contributed by atoms with van der Waals surface area (Å²) in [5.74, 6) is 0. The van der Waals surface area contributed by atoms with Crippen LogP contribution in [0.5, 0.6) is 0 Å². The average Bonchev–Trinajstić information content (AvgIpc) is 2.37. The van der Waals surface area contributed by atoms with Crippen molar-refractivity contribution in [1.29, 1.82) is 0 Å². The zero-order valence-corrected chi connectivity index (χ0v) is 11.4. The van der Waals surface area contributed by atoms with Crippen molar-refractivity contribution >= 4 is 21.4 Å². The van der Waals surface area contributed by atoms with Crippen LogP contribution in [-0.2, 0) is 16.2 Å². The number of sulfonamides is 1. The smallest absolute Gasteiger partial charge is 0.399 e. The number of nitrogen functional groups attached to an aromatic ring is 1. The van der Waals surface area contributed by atoms with Crippen LogP contribution in [0.4, 0.5) is 24.5 Å². The van der Waals surface area contributed by atoms with Crippen molar-refractivity contribution in [3.8, 4) is 0 Å². The lowest BCUT2D eigenvalue weighted by atomic mass is 10.2. The Bertz CT molecular complexity index is 758. The summed E-state index contributed by atoms with van der Waals surface area (Å²) < 4.78 is 64.9. The Morgan fingerprint density at radius 1 is 1.00 bits per heavy atom. The highest BCUT2D eigenvalue weighted by Gasteiger charge is 2.36. The van der Waals surface area contributed by atoms with Gasteiger partial charge in [-0.3, -0.25) is 4.72 Å². The lowest BCUT2D eigenvalue weighted by Crippen LogP contribution is -2.18. The van der Waals surface area contributed by atoms with Gasteiger partial charge in [-0.05, 0) is 30.3 Å². The molecule has 0 atom stereocenters. The van der Waals surface area contributed by atoms with E-state index in [1.165, 1.54) is 30.3 Å². The van der Waals surface area contributed by atoms with Crippen molar-refractivity contribution in [1.82, 2.24) is 0 Å². The fraction of sp³-hybridized carbons (Fsp3) is 0.0769. The van der Waals surface area contributed by atoms with Gasteiger partial charge in [0, 0.05) is 5.69 Å². The van der Waals surface area contributed by atoms with Gasteiger partial charge in [-0.2, -0.15) is 13.2 Å². The fourth-order valence-corrected chi connectivity index (χ4v) is 3.03. The SMILES string of the molecule is Nc1cccc(NS(=O)(=O)c2ccccc2C(F)(F)F)c1. The van der Waals surface area contributed by atoms with Crippen LogP contribution < -0.4 is 10.5 Å². The number of hydrogen-bond donors (Lipinski definition) is 2. The van der Waals surface area contributed by atoms with Crippen LogP contribution in [0.3, 0.4) is 0 Å². The van der Waals surface area contributed by atoms with Gasteiger partial charge in [-0.1, -0.05) is 18.2 Å². The van der Waals surface area contributed by atoms with E-state index in [1.54, 1.807) is 0 Å². The summed E-state index contributed by atoms with van der Waals surface area (Å²) in [7, 11) is -4.37. The number of benzene rings is 2. The summed E-state index contributed by atoms with van der Waals surface area (Å²) in [5, 5.41) is 0. The van der Waals surface area contributed by atoms with Crippen molar-refractivity contribution < 1.29 is 21.6 Å². The van der Waals surface area contributed by atoms with Crippen LogP contribution in [-0.4, -0.2) is 8.42 Å². The summed E-state index contributed by atoms with van der Waals surface area (Å²) in [6, 6.07) is 9.69. The Hall–Kier alpha value is -2.22. The van der Waals surface area contributed by atoms with Crippen molar-refractivity contribution in [2.75, 3.05) is 10.5 Å². The first-order valence-corrected chi connectivity index (χ1v) is 7.23. The van der Waals surface area contributed by atoms with Crippen LogP contribution in [0.25, 0.3) is 0 Å². The maximum absolute atomic E-state index is 12.9. The highest BCUT2D eigenvalue weighted by Crippen LogP contribution is 2.34. The van der Waals surface area contributed by atoms with Crippen LogP contribution in [0, 0.1) is 0 Å². The molecule has 0 saturated carbocycles. The second-order valence-electron chi connectivity index (χ2n) is 4.22. The van der Waals surface area contributed by atoms with Crippen molar-refractivity contribution in [3.63, 3.8) is 0 Å². The molecule has 0 unspecified atom stereocenters. The Morgan fingerprint density at radius 3 is 2.29 bits per heavy atom. The first-order valence-electron chi connectivity index (χ1n) is 5.75. The van der Waals surface area contributed by atoms with E-state index in [0.717, 1.165) is 12.1 Å². The predicted molar refractivity (Wildman–Crippen MR) is 73.1 cm³/mol. The zero-order chi connectivity index (χ0) is 15.7. The number of rotatable bonds is 3. The Morgan fingerprint density at radius 2 is 1.67 bits per heavy atom. The van der Waals surface area contributed by atoms with Crippen molar-refractivity contribution in [2.24, 2.45) is 0 Å². The summed E-state index contributed by atoms with van der Waals surface area (Å²) in [6.07, 6.45) is -4.76. The number of anilines is 2. The van der Waals surface area contributed by atoms with Gasteiger partial charge in [0.2, 0.25) is 0 Å². The Balaban J connectivity index is 2.46. The van der Waals surface area contributed by atoms with E-state index < -0.39 is 26.7 Å². The molecule has 0 amide bonds. The number of hydrogen-bond acceptors (Lipinski definition) is 3. The van der Waals surface area contributed by atoms with E-state index in [9.17, 15) is 21.6 Å². The van der Waals surface area contributed by atoms with Gasteiger partial charge in [0.15, 0.2) is 0 Å². The lowest BCUT2D eigenvalue weighted by molar-refractivity contribution is -0.139. The Labute approximate surface area is 119 Å². The second-order valence-corrected chi connectivity index (χ2v) is 5.88. The third kappa shape index (κ3) is 3.46. The largest absolute Gasteiger partial charge is 0.417 e. The van der Waals surface area contributed by atoms with E-state index in [2.05, 4.69) is 4.72 Å². The van der Waals surface area contributed by atoms with Gasteiger partial charge in [0.25, 0.3) is 10.0 Å². The van der Waals surface area contributed by atoms with Gasteiger partial charge in [-0.15, -0.1) is 0 Å². The van der Waals surface area contributed by atoms with Gasteiger partial charge < -0.3 is 5.73 Å². The molecular weight excluding hydrogens is 305 g/mol. The highest BCUT2D eigenvalue weighted by atomic mass is 32.2. The minimum atomic E-state index is -4.76. The molecule has 0 spiro atoms.